The van der Waals surface area contributed by atoms with Gasteiger partial charge in [-0.15, -0.1) is 22.9 Å². The Morgan fingerprint density at radius 3 is 2.67 bits per heavy atom. The number of rotatable bonds is 4. The number of halogens is 1. The van der Waals surface area contributed by atoms with Gasteiger partial charge in [0.1, 0.15) is 5.88 Å². The van der Waals surface area contributed by atoms with Gasteiger partial charge in [0.15, 0.2) is 0 Å². The summed E-state index contributed by atoms with van der Waals surface area (Å²) >= 11 is 7.32. The van der Waals surface area contributed by atoms with Gasteiger partial charge >= 0.3 is 0 Å². The van der Waals surface area contributed by atoms with Crippen molar-refractivity contribution in [2.24, 2.45) is 5.10 Å². The SMILES string of the molecule is CC(=O)Nc1ccc(C2=NN(C(=O)CCl)[C@H](c3cccs3)C2)cc1. The van der Waals surface area contributed by atoms with Crippen LogP contribution in [0.5, 0.6) is 0 Å². The second-order valence-electron chi connectivity index (χ2n) is 5.41. The van der Waals surface area contributed by atoms with E-state index in [-0.39, 0.29) is 23.7 Å². The molecule has 2 aromatic rings. The standard InChI is InChI=1S/C17H16ClN3O2S/c1-11(22)19-13-6-4-12(5-7-13)14-9-15(16-3-2-8-24-16)21(20-14)17(23)10-18/h2-8,15H,9-10H2,1H3,(H,19,22)/t15-/m0/s1. The lowest BCUT2D eigenvalue weighted by Crippen LogP contribution is -2.27. The van der Waals surface area contributed by atoms with Crippen LogP contribution in [-0.2, 0) is 9.59 Å². The minimum Gasteiger partial charge on any atom is -0.326 e. The van der Waals surface area contributed by atoms with Crippen LogP contribution in [0.3, 0.4) is 0 Å². The van der Waals surface area contributed by atoms with Crippen LogP contribution in [0.2, 0.25) is 0 Å². The average molecular weight is 362 g/mol. The molecule has 1 aliphatic rings. The van der Waals surface area contributed by atoms with Gasteiger partial charge in [-0.25, -0.2) is 5.01 Å². The second-order valence-corrected chi connectivity index (χ2v) is 6.66. The summed E-state index contributed by atoms with van der Waals surface area (Å²) in [5.41, 5.74) is 2.49. The molecular formula is C17H16ClN3O2S. The van der Waals surface area contributed by atoms with Gasteiger partial charge in [0.25, 0.3) is 5.91 Å². The molecular weight excluding hydrogens is 346 g/mol. The molecule has 124 valence electrons. The van der Waals surface area contributed by atoms with Crippen molar-refractivity contribution < 1.29 is 9.59 Å². The molecule has 0 unspecified atom stereocenters. The fourth-order valence-corrected chi connectivity index (χ4v) is 3.56. The lowest BCUT2D eigenvalue weighted by atomic mass is 10.0. The summed E-state index contributed by atoms with van der Waals surface area (Å²) in [6.45, 7) is 1.47. The molecule has 0 saturated carbocycles. The third-order valence-electron chi connectivity index (χ3n) is 3.69. The molecule has 24 heavy (non-hydrogen) atoms. The number of hydrogen-bond donors (Lipinski definition) is 1. The van der Waals surface area contributed by atoms with Gasteiger partial charge in [-0.2, -0.15) is 5.10 Å². The first-order valence-electron chi connectivity index (χ1n) is 7.45. The summed E-state index contributed by atoms with van der Waals surface area (Å²) in [7, 11) is 0. The van der Waals surface area contributed by atoms with E-state index in [0.717, 1.165) is 21.8 Å². The Balaban J connectivity index is 1.85. The molecule has 0 bridgehead atoms. The number of amides is 2. The fraction of sp³-hybridized carbons (Fsp3) is 0.235. The predicted molar refractivity (Wildman–Crippen MR) is 96.5 cm³/mol. The Morgan fingerprint density at radius 1 is 1.33 bits per heavy atom. The number of thiophene rings is 1. The zero-order valence-electron chi connectivity index (χ0n) is 13.0. The monoisotopic (exact) mass is 361 g/mol. The van der Waals surface area contributed by atoms with E-state index < -0.39 is 0 Å². The lowest BCUT2D eigenvalue weighted by molar-refractivity contribution is -0.130. The highest BCUT2D eigenvalue weighted by molar-refractivity contribution is 7.10. The van der Waals surface area contributed by atoms with Gasteiger partial charge in [-0.1, -0.05) is 18.2 Å². The molecule has 3 rings (SSSR count). The van der Waals surface area contributed by atoms with E-state index in [9.17, 15) is 9.59 Å². The maximum atomic E-state index is 12.1. The molecule has 0 saturated heterocycles. The van der Waals surface area contributed by atoms with E-state index in [2.05, 4.69) is 10.4 Å². The quantitative estimate of drug-likeness (QED) is 0.845. The Hall–Kier alpha value is -2.18. The van der Waals surface area contributed by atoms with Gasteiger partial charge in [-0.3, -0.25) is 9.59 Å². The van der Waals surface area contributed by atoms with Crippen molar-refractivity contribution in [2.45, 2.75) is 19.4 Å². The molecule has 1 aromatic heterocycles. The number of alkyl halides is 1. The molecule has 0 spiro atoms. The number of benzene rings is 1. The van der Waals surface area contributed by atoms with Gasteiger partial charge in [0.2, 0.25) is 5.91 Å². The van der Waals surface area contributed by atoms with E-state index >= 15 is 0 Å². The van der Waals surface area contributed by atoms with Crippen LogP contribution in [0.15, 0.2) is 46.9 Å². The highest BCUT2D eigenvalue weighted by atomic mass is 35.5. The molecule has 5 nitrogen and oxygen atoms in total. The maximum Gasteiger partial charge on any atom is 0.258 e. The fourth-order valence-electron chi connectivity index (χ4n) is 2.63. The summed E-state index contributed by atoms with van der Waals surface area (Å²) in [6.07, 6.45) is 0.641. The average Bonchev–Trinajstić information content (AvgIpc) is 3.23. The molecule has 1 aromatic carbocycles. The van der Waals surface area contributed by atoms with Crippen molar-refractivity contribution in [3.8, 4) is 0 Å². The van der Waals surface area contributed by atoms with Gasteiger partial charge in [0, 0.05) is 23.9 Å². The number of carbonyl (C=O) groups is 2. The number of hydrazone groups is 1. The number of nitrogens with zero attached hydrogens (tertiary/aromatic N) is 2. The van der Waals surface area contributed by atoms with Crippen molar-refractivity contribution in [3.63, 3.8) is 0 Å². The van der Waals surface area contributed by atoms with Crippen LogP contribution in [-0.4, -0.2) is 28.4 Å². The molecule has 0 fully saturated rings. The number of nitrogens with one attached hydrogen (secondary N) is 1. The molecule has 7 heteroatoms. The van der Waals surface area contributed by atoms with E-state index in [4.69, 9.17) is 11.6 Å². The van der Waals surface area contributed by atoms with Gasteiger partial charge in [0.05, 0.1) is 11.8 Å². The molecule has 1 aliphatic heterocycles. The maximum absolute atomic E-state index is 12.1. The largest absolute Gasteiger partial charge is 0.326 e. The number of hydrogen-bond acceptors (Lipinski definition) is 4. The Bertz CT molecular complexity index is 772. The predicted octanol–water partition coefficient (Wildman–Crippen LogP) is 3.62. The first-order chi connectivity index (χ1) is 11.6. The van der Waals surface area contributed by atoms with Gasteiger partial charge in [-0.05, 0) is 29.1 Å². The highest BCUT2D eigenvalue weighted by Gasteiger charge is 2.33. The summed E-state index contributed by atoms with van der Waals surface area (Å²) in [5.74, 6) is -0.419. The molecule has 0 radical (unpaired) electrons. The van der Waals surface area contributed by atoms with Crippen molar-refractivity contribution in [2.75, 3.05) is 11.2 Å². The number of anilines is 1. The topological polar surface area (TPSA) is 61.8 Å². The van der Waals surface area contributed by atoms with E-state index in [1.165, 1.54) is 11.9 Å². The summed E-state index contributed by atoms with van der Waals surface area (Å²) < 4.78 is 0. The van der Waals surface area contributed by atoms with Gasteiger partial charge < -0.3 is 5.32 Å². The summed E-state index contributed by atoms with van der Waals surface area (Å²) in [4.78, 5) is 24.3. The van der Waals surface area contributed by atoms with Crippen molar-refractivity contribution in [1.29, 1.82) is 0 Å². The first-order valence-corrected chi connectivity index (χ1v) is 8.87. The smallest absolute Gasteiger partial charge is 0.258 e. The summed E-state index contributed by atoms with van der Waals surface area (Å²) in [5, 5.41) is 10.7. The van der Waals surface area contributed by atoms with E-state index in [0.29, 0.717) is 6.42 Å². The normalized spacial score (nSPS) is 16.8. The minimum absolute atomic E-state index is 0.0971. The molecule has 1 N–H and O–H groups in total. The zero-order valence-corrected chi connectivity index (χ0v) is 14.6. The van der Waals surface area contributed by atoms with Crippen LogP contribution in [0.25, 0.3) is 0 Å². The van der Waals surface area contributed by atoms with E-state index in [1.54, 1.807) is 11.3 Å². The van der Waals surface area contributed by atoms with Crippen LogP contribution in [0.4, 0.5) is 5.69 Å². The van der Waals surface area contributed by atoms with Crippen LogP contribution >= 0.6 is 22.9 Å². The molecule has 1 atom stereocenters. The zero-order chi connectivity index (χ0) is 17.1. The van der Waals surface area contributed by atoms with Crippen molar-refractivity contribution in [3.05, 3.63) is 52.2 Å². The molecule has 0 aliphatic carbocycles. The Morgan fingerprint density at radius 2 is 2.08 bits per heavy atom. The lowest BCUT2D eigenvalue weighted by Gasteiger charge is -2.19. The molecule has 2 heterocycles. The van der Waals surface area contributed by atoms with Crippen LogP contribution < -0.4 is 5.32 Å². The highest BCUT2D eigenvalue weighted by Crippen LogP contribution is 2.35. The minimum atomic E-state index is -0.208. The van der Waals surface area contributed by atoms with Crippen molar-refractivity contribution >= 4 is 46.2 Å². The third-order valence-corrected chi connectivity index (χ3v) is 4.89. The van der Waals surface area contributed by atoms with Crippen LogP contribution in [0.1, 0.15) is 29.8 Å². The molecule has 2 amide bonds. The van der Waals surface area contributed by atoms with Crippen LogP contribution in [0, 0.1) is 0 Å². The second kappa shape index (κ2) is 7.15. The summed E-state index contributed by atoms with van der Waals surface area (Å²) in [6, 6.07) is 11.3. The third kappa shape index (κ3) is 3.49. The van der Waals surface area contributed by atoms with Crippen molar-refractivity contribution in [1.82, 2.24) is 5.01 Å². The Kier molecular flexibility index (Phi) is 4.97. The Labute approximate surface area is 148 Å². The number of carbonyl (C=O) groups excluding carboxylic acids is 2. The van der Waals surface area contributed by atoms with E-state index in [1.807, 2.05) is 41.8 Å². The first kappa shape index (κ1) is 16.7.